The summed E-state index contributed by atoms with van der Waals surface area (Å²) < 4.78 is 72.5. The van der Waals surface area contributed by atoms with Gasteiger partial charge in [0.15, 0.2) is 0 Å². The summed E-state index contributed by atoms with van der Waals surface area (Å²) in [7, 11) is -5.83. The Balaban J connectivity index is 3.28. The molecule has 0 aliphatic heterocycles. The molecule has 0 fully saturated rings. The monoisotopic (exact) mass is 260 g/mol. The summed E-state index contributed by atoms with van der Waals surface area (Å²) in [6.45, 7) is 0. The summed E-state index contributed by atoms with van der Waals surface area (Å²) in [4.78, 5) is 8.93. The zero-order valence-corrected chi connectivity index (χ0v) is 8.47. The van der Waals surface area contributed by atoms with E-state index in [2.05, 4.69) is 0 Å². The average Bonchev–Trinajstić information content (AvgIpc) is 2.17. The Hall–Kier alpha value is -0.940. The molecule has 1 atom stereocenters. The number of halogens is 5. The lowest BCUT2D eigenvalue weighted by molar-refractivity contribution is -0.244. The lowest BCUT2D eigenvalue weighted by Gasteiger charge is -2.24. The highest BCUT2D eigenvalue weighted by Gasteiger charge is 2.69. The van der Waals surface area contributed by atoms with Crippen LogP contribution in [0.1, 0.15) is 0 Å². The number of hydrogen-bond donors (Lipinski definition) is 1. The van der Waals surface area contributed by atoms with Crippen molar-refractivity contribution in [3.05, 3.63) is 30.3 Å². The quantitative estimate of drug-likeness (QED) is 0.655. The maximum Gasteiger partial charge on any atom is 0.463 e. The van der Waals surface area contributed by atoms with E-state index in [1.165, 1.54) is 6.07 Å². The fourth-order valence-corrected chi connectivity index (χ4v) is 2.21. The minimum atomic E-state index is -6.06. The predicted molar refractivity (Wildman–Crippen MR) is 46.9 cm³/mol. The van der Waals surface area contributed by atoms with E-state index >= 15 is 0 Å². The fraction of sp³-hybridized carbons (Fsp3) is 0.250. The molecule has 0 aromatic heterocycles. The van der Waals surface area contributed by atoms with Gasteiger partial charge < -0.3 is 4.89 Å². The molecule has 1 aromatic rings. The lowest BCUT2D eigenvalue weighted by atomic mass is 10.4. The van der Waals surface area contributed by atoms with Crippen LogP contribution < -0.4 is 5.30 Å². The van der Waals surface area contributed by atoms with E-state index in [1.807, 2.05) is 0 Å². The van der Waals surface area contributed by atoms with Gasteiger partial charge in [0.25, 0.3) is 0 Å². The summed E-state index contributed by atoms with van der Waals surface area (Å²) in [5, 5.41) is -0.933. The van der Waals surface area contributed by atoms with E-state index in [4.69, 9.17) is 4.89 Å². The van der Waals surface area contributed by atoms with Crippen molar-refractivity contribution in [2.24, 2.45) is 0 Å². The second-order valence-corrected chi connectivity index (χ2v) is 5.18. The highest BCUT2D eigenvalue weighted by Crippen LogP contribution is 2.62. The van der Waals surface area contributed by atoms with Crippen LogP contribution in [0.3, 0.4) is 0 Å². The smallest absolute Gasteiger partial charge is 0.337 e. The summed E-state index contributed by atoms with van der Waals surface area (Å²) in [5.41, 5.74) is -5.65. The van der Waals surface area contributed by atoms with Crippen molar-refractivity contribution in [3.8, 4) is 0 Å². The Morgan fingerprint density at radius 2 is 1.44 bits per heavy atom. The highest BCUT2D eigenvalue weighted by molar-refractivity contribution is 7.67. The van der Waals surface area contributed by atoms with Gasteiger partial charge in [0.05, 0.1) is 0 Å². The van der Waals surface area contributed by atoms with E-state index in [1.54, 1.807) is 0 Å². The van der Waals surface area contributed by atoms with E-state index in [0.717, 1.165) is 24.3 Å². The molecule has 1 rings (SSSR count). The summed E-state index contributed by atoms with van der Waals surface area (Å²) in [6, 6.07) is 5.03. The number of alkyl halides is 5. The van der Waals surface area contributed by atoms with Gasteiger partial charge in [-0.1, -0.05) is 18.2 Å². The Bertz CT molecular complexity index is 414. The van der Waals surface area contributed by atoms with Gasteiger partial charge in [-0.05, 0) is 12.1 Å². The average molecular weight is 260 g/mol. The van der Waals surface area contributed by atoms with Gasteiger partial charge in [-0.25, -0.2) is 0 Å². The summed E-state index contributed by atoms with van der Waals surface area (Å²) in [6.07, 6.45) is -6.06. The number of hydrogen-bond acceptors (Lipinski definition) is 1. The van der Waals surface area contributed by atoms with Crippen LogP contribution >= 0.6 is 7.37 Å². The molecule has 1 unspecified atom stereocenters. The molecule has 0 aliphatic rings. The molecular weight excluding hydrogens is 254 g/mol. The Morgan fingerprint density at radius 1 is 1.00 bits per heavy atom. The first-order chi connectivity index (χ1) is 7.11. The zero-order chi connectivity index (χ0) is 12.6. The van der Waals surface area contributed by atoms with Crippen LogP contribution in [0, 0.1) is 0 Å². The first kappa shape index (κ1) is 13.1. The molecule has 1 N–H and O–H groups in total. The van der Waals surface area contributed by atoms with E-state index in [0.29, 0.717) is 0 Å². The Kier molecular flexibility index (Phi) is 3.13. The Labute approximate surface area is 87.2 Å². The summed E-state index contributed by atoms with van der Waals surface area (Å²) >= 11 is 0. The van der Waals surface area contributed by atoms with Crippen molar-refractivity contribution in [1.29, 1.82) is 0 Å². The maximum atomic E-state index is 12.8. The molecular formula is C8H6F5O2P. The standard InChI is InChI=1S/C8H6F5O2P/c9-7(10,11)8(12,13)16(14,15)6-4-2-1-3-5-6/h1-5H,(H,14,15). The van der Waals surface area contributed by atoms with Crippen molar-refractivity contribution in [2.45, 2.75) is 11.8 Å². The molecule has 0 aliphatic carbocycles. The van der Waals surface area contributed by atoms with Crippen molar-refractivity contribution in [2.75, 3.05) is 0 Å². The van der Waals surface area contributed by atoms with Gasteiger partial charge in [-0.2, -0.15) is 22.0 Å². The van der Waals surface area contributed by atoms with E-state index < -0.39 is 24.5 Å². The molecule has 1 aromatic carbocycles. The molecule has 0 heterocycles. The van der Waals surface area contributed by atoms with Crippen LogP contribution in [0.2, 0.25) is 0 Å². The van der Waals surface area contributed by atoms with E-state index in [9.17, 15) is 26.5 Å². The van der Waals surface area contributed by atoms with Crippen molar-refractivity contribution >= 4 is 12.7 Å². The normalized spacial score (nSPS) is 16.9. The molecule has 16 heavy (non-hydrogen) atoms. The van der Waals surface area contributed by atoms with Crippen LogP contribution in [-0.4, -0.2) is 16.7 Å². The second kappa shape index (κ2) is 3.82. The zero-order valence-electron chi connectivity index (χ0n) is 7.58. The van der Waals surface area contributed by atoms with Crippen molar-refractivity contribution < 1.29 is 31.4 Å². The number of rotatable bonds is 2. The van der Waals surface area contributed by atoms with Crippen LogP contribution in [0.5, 0.6) is 0 Å². The van der Waals surface area contributed by atoms with Gasteiger partial charge in [0, 0.05) is 5.30 Å². The minimum absolute atomic E-state index is 0.750. The second-order valence-electron chi connectivity index (χ2n) is 2.95. The highest BCUT2D eigenvalue weighted by atomic mass is 31.2. The first-order valence-corrected chi connectivity index (χ1v) is 5.59. The van der Waals surface area contributed by atoms with Crippen LogP contribution in [0.15, 0.2) is 30.3 Å². The van der Waals surface area contributed by atoms with Crippen molar-refractivity contribution in [1.82, 2.24) is 0 Å². The third-order valence-electron chi connectivity index (χ3n) is 1.83. The van der Waals surface area contributed by atoms with Crippen LogP contribution in [0.25, 0.3) is 0 Å². The van der Waals surface area contributed by atoms with Gasteiger partial charge in [-0.3, -0.25) is 4.57 Å². The van der Waals surface area contributed by atoms with Crippen LogP contribution in [-0.2, 0) is 4.57 Å². The fourth-order valence-electron chi connectivity index (χ4n) is 0.964. The van der Waals surface area contributed by atoms with E-state index in [-0.39, 0.29) is 0 Å². The molecule has 0 radical (unpaired) electrons. The first-order valence-electron chi connectivity index (χ1n) is 3.94. The largest absolute Gasteiger partial charge is 0.463 e. The molecule has 0 bridgehead atoms. The van der Waals surface area contributed by atoms with Gasteiger partial charge in [0.1, 0.15) is 0 Å². The van der Waals surface area contributed by atoms with Crippen LogP contribution in [0.4, 0.5) is 22.0 Å². The molecule has 90 valence electrons. The minimum Gasteiger partial charge on any atom is -0.337 e. The topological polar surface area (TPSA) is 37.3 Å². The number of benzene rings is 1. The molecule has 0 amide bonds. The molecule has 0 saturated carbocycles. The van der Waals surface area contributed by atoms with Gasteiger partial charge in [0.2, 0.25) is 0 Å². The SMILES string of the molecule is O=P(O)(c1ccccc1)C(F)(F)C(F)(F)F. The molecule has 0 saturated heterocycles. The third kappa shape index (κ3) is 1.97. The van der Waals surface area contributed by atoms with Crippen molar-refractivity contribution in [3.63, 3.8) is 0 Å². The predicted octanol–water partition coefficient (Wildman–Crippen LogP) is 2.74. The molecule has 2 nitrogen and oxygen atoms in total. The molecule has 8 heteroatoms. The molecule has 0 spiro atoms. The lowest BCUT2D eigenvalue weighted by Crippen LogP contribution is -2.39. The van der Waals surface area contributed by atoms with Gasteiger partial charge in [-0.15, -0.1) is 0 Å². The maximum absolute atomic E-state index is 12.8. The summed E-state index contributed by atoms with van der Waals surface area (Å²) in [5.74, 6) is 0. The van der Waals surface area contributed by atoms with Gasteiger partial charge >= 0.3 is 19.2 Å². The third-order valence-corrected chi connectivity index (χ3v) is 3.84. The Morgan fingerprint density at radius 3 is 1.81 bits per heavy atom.